The van der Waals surface area contributed by atoms with Crippen LogP contribution in [0.25, 0.3) is 0 Å². The normalized spacial score (nSPS) is 11.8. The Bertz CT molecular complexity index is 1030. The van der Waals surface area contributed by atoms with Crippen LogP contribution < -0.4 is 14.8 Å². The van der Waals surface area contributed by atoms with Gasteiger partial charge < -0.3 is 14.8 Å². The van der Waals surface area contributed by atoms with Gasteiger partial charge in [0.1, 0.15) is 18.1 Å². The molecule has 0 saturated heterocycles. The summed E-state index contributed by atoms with van der Waals surface area (Å²) in [7, 11) is 0. The molecular weight excluding hydrogens is 418 g/mol. The third-order valence-corrected chi connectivity index (χ3v) is 5.93. The van der Waals surface area contributed by atoms with Gasteiger partial charge in [-0.05, 0) is 58.6 Å². The SMILES string of the molecule is CC(C)(C)c1ccc(OCCNc2ccccc2OCCCc2ccccc2)c(C(C)(C)C)c1. The molecule has 0 amide bonds. The molecule has 3 heteroatoms. The van der Waals surface area contributed by atoms with Crippen LogP contribution in [0.1, 0.15) is 64.7 Å². The minimum absolute atomic E-state index is 0.0181. The van der Waals surface area contributed by atoms with Crippen molar-refractivity contribution in [3.05, 3.63) is 89.5 Å². The summed E-state index contributed by atoms with van der Waals surface area (Å²) in [5, 5.41) is 3.49. The van der Waals surface area contributed by atoms with Gasteiger partial charge in [-0.15, -0.1) is 0 Å². The minimum atomic E-state index is 0.0181. The Kier molecular flexibility index (Phi) is 8.66. The van der Waals surface area contributed by atoms with Gasteiger partial charge in [0.2, 0.25) is 0 Å². The Morgan fingerprint density at radius 3 is 2.06 bits per heavy atom. The van der Waals surface area contributed by atoms with E-state index in [2.05, 4.69) is 101 Å². The maximum atomic E-state index is 6.24. The first-order chi connectivity index (χ1) is 16.1. The van der Waals surface area contributed by atoms with E-state index < -0.39 is 0 Å². The number of hydrogen-bond acceptors (Lipinski definition) is 3. The summed E-state index contributed by atoms with van der Waals surface area (Å²) in [5.74, 6) is 1.85. The molecule has 3 rings (SSSR count). The molecule has 3 aromatic rings. The molecule has 0 aliphatic rings. The largest absolute Gasteiger partial charge is 0.491 e. The van der Waals surface area contributed by atoms with Gasteiger partial charge in [0.25, 0.3) is 0 Å². The van der Waals surface area contributed by atoms with Crippen molar-refractivity contribution < 1.29 is 9.47 Å². The molecule has 0 atom stereocenters. The fourth-order valence-corrected chi connectivity index (χ4v) is 3.90. The number of benzene rings is 3. The van der Waals surface area contributed by atoms with Crippen LogP contribution in [0, 0.1) is 0 Å². The molecule has 0 aromatic heterocycles. The van der Waals surface area contributed by atoms with Crippen LogP contribution in [0.2, 0.25) is 0 Å². The van der Waals surface area contributed by atoms with Crippen LogP contribution >= 0.6 is 0 Å². The second-order valence-electron chi connectivity index (χ2n) is 10.9. The van der Waals surface area contributed by atoms with Crippen LogP contribution in [0.3, 0.4) is 0 Å². The van der Waals surface area contributed by atoms with Gasteiger partial charge in [0, 0.05) is 6.54 Å². The van der Waals surface area contributed by atoms with Crippen molar-refractivity contribution in [2.45, 2.75) is 65.2 Å². The molecule has 0 unspecified atom stereocenters. The van der Waals surface area contributed by atoms with E-state index in [9.17, 15) is 0 Å². The zero-order chi connectivity index (χ0) is 24.6. The lowest BCUT2D eigenvalue weighted by Gasteiger charge is -2.27. The van der Waals surface area contributed by atoms with Crippen LogP contribution in [-0.2, 0) is 17.3 Å². The van der Waals surface area contributed by atoms with Gasteiger partial charge in [0.15, 0.2) is 0 Å². The van der Waals surface area contributed by atoms with Crippen molar-refractivity contribution in [1.82, 2.24) is 0 Å². The van der Waals surface area contributed by atoms with Crippen molar-refractivity contribution in [2.24, 2.45) is 0 Å². The van der Waals surface area contributed by atoms with E-state index in [0.29, 0.717) is 19.8 Å². The van der Waals surface area contributed by atoms with E-state index in [1.165, 1.54) is 16.7 Å². The average molecular weight is 460 g/mol. The Morgan fingerprint density at radius 2 is 1.35 bits per heavy atom. The molecule has 3 nitrogen and oxygen atoms in total. The lowest BCUT2D eigenvalue weighted by atomic mass is 9.80. The molecule has 182 valence electrons. The summed E-state index contributed by atoms with van der Waals surface area (Å²) >= 11 is 0. The number of aryl methyl sites for hydroxylation is 1. The Labute approximate surface area is 206 Å². The molecule has 0 saturated carbocycles. The molecule has 3 aromatic carbocycles. The molecular formula is C31H41NO2. The maximum Gasteiger partial charge on any atom is 0.142 e. The van der Waals surface area contributed by atoms with Gasteiger partial charge in [0.05, 0.1) is 12.3 Å². The number of hydrogen-bond donors (Lipinski definition) is 1. The van der Waals surface area contributed by atoms with Gasteiger partial charge in [-0.2, -0.15) is 0 Å². The monoisotopic (exact) mass is 459 g/mol. The van der Waals surface area contributed by atoms with Crippen LogP contribution in [0.4, 0.5) is 5.69 Å². The van der Waals surface area contributed by atoms with Crippen molar-refractivity contribution in [2.75, 3.05) is 25.1 Å². The predicted octanol–water partition coefficient (Wildman–Crippen LogP) is 7.78. The standard InChI is InChI=1S/C31H41NO2/c1-30(2,3)25-18-19-28(26(23-25)31(4,5)6)34-22-20-32-27-16-10-11-17-29(27)33-21-12-15-24-13-8-7-9-14-24/h7-11,13-14,16-19,23,32H,12,15,20-22H2,1-6H3. The highest BCUT2D eigenvalue weighted by molar-refractivity contribution is 5.56. The topological polar surface area (TPSA) is 30.5 Å². The molecule has 1 N–H and O–H groups in total. The molecule has 0 radical (unpaired) electrons. The number of para-hydroxylation sites is 2. The highest BCUT2D eigenvalue weighted by Crippen LogP contribution is 2.35. The molecule has 34 heavy (non-hydrogen) atoms. The van der Waals surface area contributed by atoms with Crippen LogP contribution in [0.15, 0.2) is 72.8 Å². The van der Waals surface area contributed by atoms with Crippen molar-refractivity contribution in [3.8, 4) is 11.5 Å². The summed E-state index contributed by atoms with van der Waals surface area (Å²) < 4.78 is 12.3. The quantitative estimate of drug-likeness (QED) is 0.314. The Balaban J connectivity index is 1.53. The van der Waals surface area contributed by atoms with E-state index in [1.54, 1.807) is 0 Å². The summed E-state index contributed by atoms with van der Waals surface area (Å²) in [4.78, 5) is 0. The first-order valence-corrected chi connectivity index (χ1v) is 12.4. The second-order valence-corrected chi connectivity index (χ2v) is 10.9. The third kappa shape index (κ3) is 7.55. The lowest BCUT2D eigenvalue weighted by Crippen LogP contribution is -2.19. The minimum Gasteiger partial charge on any atom is -0.491 e. The van der Waals surface area contributed by atoms with E-state index in [-0.39, 0.29) is 10.8 Å². The molecule has 0 aliphatic heterocycles. The van der Waals surface area contributed by atoms with Gasteiger partial charge in [-0.25, -0.2) is 0 Å². The van der Waals surface area contributed by atoms with E-state index in [4.69, 9.17) is 9.47 Å². The average Bonchev–Trinajstić information content (AvgIpc) is 2.80. The maximum absolute atomic E-state index is 6.24. The number of anilines is 1. The van der Waals surface area contributed by atoms with Crippen molar-refractivity contribution >= 4 is 5.69 Å². The van der Waals surface area contributed by atoms with E-state index >= 15 is 0 Å². The fraction of sp³-hybridized carbons (Fsp3) is 0.419. The van der Waals surface area contributed by atoms with Gasteiger partial charge in [-0.1, -0.05) is 96.1 Å². The first-order valence-electron chi connectivity index (χ1n) is 12.4. The second kappa shape index (κ2) is 11.5. The van der Waals surface area contributed by atoms with Gasteiger partial charge >= 0.3 is 0 Å². The highest BCUT2D eigenvalue weighted by atomic mass is 16.5. The van der Waals surface area contributed by atoms with Gasteiger partial charge in [-0.3, -0.25) is 0 Å². The summed E-state index contributed by atoms with van der Waals surface area (Å²) in [6.45, 7) is 15.5. The van der Waals surface area contributed by atoms with E-state index in [0.717, 1.165) is 30.0 Å². The number of rotatable bonds is 10. The summed E-state index contributed by atoms with van der Waals surface area (Å²) in [6, 6.07) is 25.3. The number of nitrogens with one attached hydrogen (secondary N) is 1. The summed E-state index contributed by atoms with van der Waals surface area (Å²) in [6.07, 6.45) is 2.01. The third-order valence-electron chi connectivity index (χ3n) is 5.93. The molecule has 0 fully saturated rings. The Morgan fingerprint density at radius 1 is 0.676 bits per heavy atom. The number of ether oxygens (including phenoxy) is 2. The van der Waals surface area contributed by atoms with Crippen LogP contribution in [-0.4, -0.2) is 19.8 Å². The fourth-order valence-electron chi connectivity index (χ4n) is 3.90. The lowest BCUT2D eigenvalue weighted by molar-refractivity contribution is 0.310. The first kappa shape index (κ1) is 25.7. The Hall–Kier alpha value is -2.94. The highest BCUT2D eigenvalue weighted by Gasteiger charge is 2.23. The predicted molar refractivity (Wildman–Crippen MR) is 145 cm³/mol. The summed E-state index contributed by atoms with van der Waals surface area (Å²) in [5.41, 5.74) is 5.07. The van der Waals surface area contributed by atoms with Crippen LogP contribution in [0.5, 0.6) is 11.5 Å². The smallest absolute Gasteiger partial charge is 0.142 e. The van der Waals surface area contributed by atoms with Crippen molar-refractivity contribution in [3.63, 3.8) is 0 Å². The van der Waals surface area contributed by atoms with Crippen molar-refractivity contribution in [1.29, 1.82) is 0 Å². The molecule has 0 aliphatic carbocycles. The molecule has 0 bridgehead atoms. The zero-order valence-electron chi connectivity index (χ0n) is 21.8. The van der Waals surface area contributed by atoms with E-state index in [1.807, 2.05) is 18.2 Å². The molecule has 0 spiro atoms. The zero-order valence-corrected chi connectivity index (χ0v) is 21.8. The molecule has 0 heterocycles.